The summed E-state index contributed by atoms with van der Waals surface area (Å²) in [6.07, 6.45) is 0. The average Bonchev–Trinajstić information content (AvgIpc) is 2.15. The zero-order valence-corrected chi connectivity index (χ0v) is 9.95. The van der Waals surface area contributed by atoms with E-state index in [4.69, 9.17) is 0 Å². The molecule has 0 aliphatic rings. The van der Waals surface area contributed by atoms with Gasteiger partial charge < -0.3 is 0 Å². The van der Waals surface area contributed by atoms with Crippen LogP contribution in [0.25, 0.3) is 0 Å². The summed E-state index contributed by atoms with van der Waals surface area (Å²) in [7, 11) is 0. The maximum Gasteiger partial charge on any atom is 0.269 e. The molecule has 4 nitrogen and oxygen atoms in total. The molecule has 15 heavy (non-hydrogen) atoms. The van der Waals surface area contributed by atoms with E-state index in [0.717, 1.165) is 0 Å². The van der Waals surface area contributed by atoms with E-state index >= 15 is 0 Å². The molecule has 0 aliphatic heterocycles. The summed E-state index contributed by atoms with van der Waals surface area (Å²) >= 11 is 3.24. The van der Waals surface area contributed by atoms with Crippen molar-refractivity contribution in [3.63, 3.8) is 0 Å². The molecule has 1 aromatic carbocycles. The molecule has 1 rings (SSSR count). The Morgan fingerprint density at radius 1 is 1.33 bits per heavy atom. The minimum absolute atomic E-state index is 0.0149. The fourth-order valence-electron chi connectivity index (χ4n) is 1.08. The first-order valence-corrected chi connectivity index (χ1v) is 5.10. The molecule has 0 atom stereocenters. The van der Waals surface area contributed by atoms with Crippen molar-refractivity contribution in [1.29, 1.82) is 0 Å². The van der Waals surface area contributed by atoms with Gasteiger partial charge in [-0.3, -0.25) is 14.9 Å². The van der Waals surface area contributed by atoms with Gasteiger partial charge in [-0.1, -0.05) is 15.9 Å². The average molecular weight is 272 g/mol. The van der Waals surface area contributed by atoms with Gasteiger partial charge in [0.2, 0.25) is 0 Å². The van der Waals surface area contributed by atoms with Crippen molar-refractivity contribution in [2.75, 3.05) is 0 Å². The van der Waals surface area contributed by atoms with Crippen LogP contribution in [-0.4, -0.2) is 15.0 Å². The maximum absolute atomic E-state index is 11.7. The summed E-state index contributed by atoms with van der Waals surface area (Å²) < 4.78 is -0.650. The van der Waals surface area contributed by atoms with E-state index in [0.29, 0.717) is 5.56 Å². The van der Waals surface area contributed by atoms with E-state index in [-0.39, 0.29) is 11.5 Å². The molecule has 0 amide bonds. The van der Waals surface area contributed by atoms with Crippen LogP contribution >= 0.6 is 15.9 Å². The highest BCUT2D eigenvalue weighted by Gasteiger charge is 2.25. The molecule has 0 aromatic heterocycles. The van der Waals surface area contributed by atoms with Crippen LogP contribution in [0, 0.1) is 10.1 Å². The fraction of sp³-hybridized carbons (Fsp3) is 0.300. The summed E-state index contributed by atoms with van der Waals surface area (Å²) in [5, 5.41) is 10.4. The molecule has 0 N–H and O–H groups in total. The molecular weight excluding hydrogens is 262 g/mol. The van der Waals surface area contributed by atoms with Crippen LogP contribution in [0.1, 0.15) is 24.2 Å². The summed E-state index contributed by atoms with van der Waals surface area (Å²) in [6, 6.07) is 5.57. The molecule has 0 bridgehead atoms. The Morgan fingerprint density at radius 2 is 1.80 bits per heavy atom. The lowest BCUT2D eigenvalue weighted by Crippen LogP contribution is -2.23. The number of hydrogen-bond acceptors (Lipinski definition) is 3. The number of carbonyl (C=O) groups excluding carboxylic acids is 1. The normalized spacial score (nSPS) is 11.1. The van der Waals surface area contributed by atoms with Gasteiger partial charge >= 0.3 is 0 Å². The van der Waals surface area contributed by atoms with Crippen LogP contribution in [0.2, 0.25) is 0 Å². The second kappa shape index (κ2) is 4.10. The number of ketones is 1. The van der Waals surface area contributed by atoms with Crippen molar-refractivity contribution in [3.8, 4) is 0 Å². The van der Waals surface area contributed by atoms with Gasteiger partial charge in [-0.05, 0) is 26.0 Å². The molecular formula is C10H10BrNO3. The van der Waals surface area contributed by atoms with Gasteiger partial charge in [-0.15, -0.1) is 0 Å². The molecule has 0 heterocycles. The predicted molar refractivity (Wildman–Crippen MR) is 60.4 cm³/mol. The monoisotopic (exact) mass is 271 g/mol. The predicted octanol–water partition coefficient (Wildman–Crippen LogP) is 2.95. The third-order valence-electron chi connectivity index (χ3n) is 1.88. The topological polar surface area (TPSA) is 60.2 Å². The van der Waals surface area contributed by atoms with Crippen LogP contribution in [0.15, 0.2) is 24.3 Å². The second-order valence-corrected chi connectivity index (χ2v) is 5.59. The number of nitro groups is 1. The zero-order valence-electron chi connectivity index (χ0n) is 8.36. The minimum Gasteiger partial charge on any atom is -0.293 e. The molecule has 0 aliphatic carbocycles. The number of hydrogen-bond donors (Lipinski definition) is 0. The van der Waals surface area contributed by atoms with E-state index in [2.05, 4.69) is 15.9 Å². The van der Waals surface area contributed by atoms with Gasteiger partial charge in [0.1, 0.15) is 0 Å². The Labute approximate surface area is 95.6 Å². The molecule has 1 aromatic rings. The fourth-order valence-corrected chi connectivity index (χ4v) is 1.31. The number of carbonyl (C=O) groups is 1. The lowest BCUT2D eigenvalue weighted by Gasteiger charge is -2.13. The summed E-state index contributed by atoms with van der Waals surface area (Å²) in [5.41, 5.74) is 0.446. The third kappa shape index (κ3) is 2.86. The Kier molecular flexibility index (Phi) is 3.24. The van der Waals surface area contributed by atoms with E-state index in [9.17, 15) is 14.9 Å². The number of nitro benzene ring substituents is 1. The Bertz CT molecular complexity index is 392. The first kappa shape index (κ1) is 11.8. The lowest BCUT2D eigenvalue weighted by molar-refractivity contribution is -0.384. The van der Waals surface area contributed by atoms with E-state index in [1.54, 1.807) is 13.8 Å². The van der Waals surface area contributed by atoms with E-state index in [1.807, 2.05) is 0 Å². The number of benzene rings is 1. The van der Waals surface area contributed by atoms with Gasteiger partial charge in [0.05, 0.1) is 9.25 Å². The Hall–Kier alpha value is -1.23. The number of alkyl halides is 1. The maximum atomic E-state index is 11.7. The molecule has 0 saturated heterocycles. The van der Waals surface area contributed by atoms with Crippen molar-refractivity contribution in [2.24, 2.45) is 0 Å². The van der Waals surface area contributed by atoms with Gasteiger partial charge in [0, 0.05) is 17.7 Å². The molecule has 0 unspecified atom stereocenters. The standard InChI is InChI=1S/C10H10BrNO3/c1-10(2,11)9(13)7-3-5-8(6-4-7)12(14)15/h3-6H,1-2H3. The molecule has 5 heteroatoms. The van der Waals surface area contributed by atoms with Gasteiger partial charge in [-0.2, -0.15) is 0 Å². The molecule has 0 fully saturated rings. The summed E-state index contributed by atoms with van der Waals surface area (Å²) in [4.78, 5) is 21.6. The van der Waals surface area contributed by atoms with Crippen LogP contribution in [-0.2, 0) is 0 Å². The van der Waals surface area contributed by atoms with Crippen LogP contribution < -0.4 is 0 Å². The highest BCUT2D eigenvalue weighted by Crippen LogP contribution is 2.23. The van der Waals surface area contributed by atoms with Gasteiger partial charge in [0.15, 0.2) is 5.78 Å². The summed E-state index contributed by atoms with van der Waals surface area (Å²) in [6.45, 7) is 3.47. The van der Waals surface area contributed by atoms with Crippen molar-refractivity contribution >= 4 is 27.4 Å². The van der Waals surface area contributed by atoms with E-state index < -0.39 is 9.25 Å². The van der Waals surface area contributed by atoms with Crippen molar-refractivity contribution in [2.45, 2.75) is 18.2 Å². The highest BCUT2D eigenvalue weighted by atomic mass is 79.9. The first-order chi connectivity index (χ1) is 6.82. The van der Waals surface area contributed by atoms with Gasteiger partial charge in [0.25, 0.3) is 5.69 Å². The van der Waals surface area contributed by atoms with Crippen LogP contribution in [0.5, 0.6) is 0 Å². The highest BCUT2D eigenvalue weighted by molar-refractivity contribution is 9.10. The lowest BCUT2D eigenvalue weighted by atomic mass is 10.0. The summed E-state index contributed by atoms with van der Waals surface area (Å²) in [5.74, 6) is -0.0996. The Balaban J connectivity index is 3.00. The number of halogens is 1. The quantitative estimate of drug-likeness (QED) is 0.368. The molecule has 0 spiro atoms. The van der Waals surface area contributed by atoms with Crippen molar-refractivity contribution in [3.05, 3.63) is 39.9 Å². The Morgan fingerprint density at radius 3 is 2.13 bits per heavy atom. The number of Topliss-reactive ketones (excluding diaryl/α,β-unsaturated/α-hetero) is 1. The van der Waals surface area contributed by atoms with E-state index in [1.165, 1.54) is 24.3 Å². The third-order valence-corrected chi connectivity index (χ3v) is 2.24. The molecule has 80 valence electrons. The van der Waals surface area contributed by atoms with Gasteiger partial charge in [-0.25, -0.2) is 0 Å². The van der Waals surface area contributed by atoms with Crippen molar-refractivity contribution in [1.82, 2.24) is 0 Å². The molecule has 0 saturated carbocycles. The van der Waals surface area contributed by atoms with Crippen LogP contribution in [0.4, 0.5) is 5.69 Å². The second-order valence-electron chi connectivity index (χ2n) is 3.61. The number of rotatable bonds is 3. The minimum atomic E-state index is -0.650. The molecule has 0 radical (unpaired) electrons. The SMILES string of the molecule is CC(C)(Br)C(=O)c1ccc([N+](=O)[O-])cc1. The first-order valence-electron chi connectivity index (χ1n) is 4.30. The number of nitrogens with zero attached hydrogens (tertiary/aromatic N) is 1. The largest absolute Gasteiger partial charge is 0.293 e. The number of non-ortho nitro benzene ring substituents is 1. The zero-order chi connectivity index (χ0) is 11.6. The van der Waals surface area contributed by atoms with Crippen molar-refractivity contribution < 1.29 is 9.72 Å². The van der Waals surface area contributed by atoms with Crippen LogP contribution in [0.3, 0.4) is 0 Å². The smallest absolute Gasteiger partial charge is 0.269 e.